The predicted octanol–water partition coefficient (Wildman–Crippen LogP) is 2.98. The van der Waals surface area contributed by atoms with E-state index >= 15 is 0 Å². The van der Waals surface area contributed by atoms with E-state index in [-0.39, 0.29) is 12.7 Å². The first-order valence-electron chi connectivity index (χ1n) is 6.74. The summed E-state index contributed by atoms with van der Waals surface area (Å²) in [5.74, 6) is 1.13. The van der Waals surface area contributed by atoms with Gasteiger partial charge in [-0.25, -0.2) is 0 Å². The number of amides is 1. The van der Waals surface area contributed by atoms with Gasteiger partial charge in [0.1, 0.15) is 0 Å². The molecule has 1 atom stereocenters. The van der Waals surface area contributed by atoms with Crippen LogP contribution in [0.5, 0.6) is 11.5 Å². The van der Waals surface area contributed by atoms with Crippen LogP contribution in [0.2, 0.25) is 4.34 Å². The van der Waals surface area contributed by atoms with E-state index in [4.69, 9.17) is 21.1 Å². The fraction of sp³-hybridized carbons (Fsp3) is 0.267. The summed E-state index contributed by atoms with van der Waals surface area (Å²) in [5, 5.41) is 12.9. The summed E-state index contributed by atoms with van der Waals surface area (Å²) in [5.41, 5.74) is 0.734. The second kappa shape index (κ2) is 6.56. The molecular weight excluding hydrogens is 326 g/mol. The number of hydrogen-bond donors (Lipinski definition) is 2. The highest BCUT2D eigenvalue weighted by Crippen LogP contribution is 2.34. The van der Waals surface area contributed by atoms with Crippen LogP contribution < -0.4 is 14.8 Å². The topological polar surface area (TPSA) is 67.8 Å². The normalized spacial score (nSPS) is 13.9. The molecule has 2 heterocycles. The van der Waals surface area contributed by atoms with Crippen molar-refractivity contribution in [1.29, 1.82) is 0 Å². The molecule has 2 aromatic rings. The van der Waals surface area contributed by atoms with Gasteiger partial charge < -0.3 is 19.9 Å². The van der Waals surface area contributed by atoms with Crippen molar-refractivity contribution in [1.82, 2.24) is 5.32 Å². The van der Waals surface area contributed by atoms with E-state index in [9.17, 15) is 9.90 Å². The Morgan fingerprint density at radius 2 is 2.14 bits per heavy atom. The molecule has 2 N–H and O–H groups in total. The lowest BCUT2D eigenvalue weighted by Gasteiger charge is -2.12. The van der Waals surface area contributed by atoms with E-state index in [1.807, 2.05) is 0 Å². The molecule has 1 amide bonds. The van der Waals surface area contributed by atoms with Crippen LogP contribution in [-0.4, -0.2) is 24.4 Å². The van der Waals surface area contributed by atoms with E-state index in [1.165, 1.54) is 11.3 Å². The van der Waals surface area contributed by atoms with Gasteiger partial charge in [0, 0.05) is 6.54 Å². The number of benzene rings is 1. The zero-order chi connectivity index (χ0) is 15.5. The third-order valence-electron chi connectivity index (χ3n) is 3.28. The van der Waals surface area contributed by atoms with Gasteiger partial charge in [0.15, 0.2) is 11.5 Å². The number of rotatable bonds is 5. The van der Waals surface area contributed by atoms with Crippen molar-refractivity contribution in [2.75, 3.05) is 13.3 Å². The largest absolute Gasteiger partial charge is 0.454 e. The molecule has 1 aromatic carbocycles. The predicted molar refractivity (Wildman–Crippen MR) is 83.8 cm³/mol. The maximum atomic E-state index is 11.9. The quantitative estimate of drug-likeness (QED) is 0.878. The van der Waals surface area contributed by atoms with E-state index in [0.29, 0.717) is 33.7 Å². The van der Waals surface area contributed by atoms with Gasteiger partial charge in [-0.3, -0.25) is 4.79 Å². The highest BCUT2D eigenvalue weighted by Gasteiger charge is 2.17. The van der Waals surface area contributed by atoms with Gasteiger partial charge in [-0.1, -0.05) is 17.7 Å². The van der Waals surface area contributed by atoms with E-state index in [0.717, 1.165) is 5.56 Å². The smallest absolute Gasteiger partial charge is 0.261 e. The summed E-state index contributed by atoms with van der Waals surface area (Å²) in [6.07, 6.45) is -0.272. The van der Waals surface area contributed by atoms with Gasteiger partial charge in [0.2, 0.25) is 6.79 Å². The minimum Gasteiger partial charge on any atom is -0.454 e. The van der Waals surface area contributed by atoms with E-state index in [1.54, 1.807) is 30.3 Å². The summed E-state index contributed by atoms with van der Waals surface area (Å²) in [4.78, 5) is 12.4. The maximum absolute atomic E-state index is 11.9. The van der Waals surface area contributed by atoms with Crippen LogP contribution in [0.4, 0.5) is 0 Å². The Morgan fingerprint density at radius 1 is 1.32 bits per heavy atom. The van der Waals surface area contributed by atoms with Gasteiger partial charge >= 0.3 is 0 Å². The molecule has 0 aliphatic carbocycles. The maximum Gasteiger partial charge on any atom is 0.261 e. The molecule has 0 unspecified atom stereocenters. The van der Waals surface area contributed by atoms with Crippen LogP contribution in [0, 0.1) is 0 Å². The molecular formula is C15H14ClNO4S. The van der Waals surface area contributed by atoms with E-state index in [2.05, 4.69) is 5.32 Å². The summed E-state index contributed by atoms with van der Waals surface area (Å²) in [6, 6.07) is 8.68. The minimum absolute atomic E-state index is 0.185. The molecule has 0 radical (unpaired) electrons. The molecule has 1 aromatic heterocycles. The average Bonchev–Trinajstić information content (AvgIpc) is 3.14. The molecule has 0 fully saturated rings. The molecule has 5 nitrogen and oxygen atoms in total. The molecule has 7 heteroatoms. The third kappa shape index (κ3) is 3.35. The van der Waals surface area contributed by atoms with Gasteiger partial charge in [0.25, 0.3) is 5.91 Å². The Bertz CT molecular complexity index is 688. The van der Waals surface area contributed by atoms with Crippen LogP contribution in [0.1, 0.15) is 27.8 Å². The van der Waals surface area contributed by atoms with Crippen molar-refractivity contribution < 1.29 is 19.4 Å². The standard InChI is InChI=1S/C15H14ClNO4S/c16-14-4-3-13(22-14)15(19)17-6-5-10(18)9-1-2-11-12(7-9)21-8-20-11/h1-4,7,10,18H,5-6,8H2,(H,17,19)/t10-/m0/s1. The SMILES string of the molecule is O=C(NCC[C@H](O)c1ccc2c(c1)OCO2)c1ccc(Cl)s1. The van der Waals surface area contributed by atoms with Crippen molar-refractivity contribution in [2.24, 2.45) is 0 Å². The first-order valence-corrected chi connectivity index (χ1v) is 7.94. The van der Waals surface area contributed by atoms with Crippen molar-refractivity contribution in [3.05, 3.63) is 45.1 Å². The lowest BCUT2D eigenvalue weighted by Crippen LogP contribution is -2.24. The highest BCUT2D eigenvalue weighted by atomic mass is 35.5. The molecule has 22 heavy (non-hydrogen) atoms. The molecule has 1 aliphatic rings. The Hall–Kier alpha value is -1.76. The zero-order valence-corrected chi connectivity index (χ0v) is 13.1. The van der Waals surface area contributed by atoms with Gasteiger partial charge in [-0.05, 0) is 36.2 Å². The monoisotopic (exact) mass is 339 g/mol. The lowest BCUT2D eigenvalue weighted by molar-refractivity contribution is 0.0946. The van der Waals surface area contributed by atoms with Crippen LogP contribution in [0.15, 0.2) is 30.3 Å². The number of nitrogens with one attached hydrogen (secondary N) is 1. The first-order chi connectivity index (χ1) is 10.6. The van der Waals surface area contributed by atoms with Crippen molar-refractivity contribution in [3.8, 4) is 11.5 Å². The molecule has 116 valence electrons. The van der Waals surface area contributed by atoms with Gasteiger partial charge in [-0.2, -0.15) is 0 Å². The van der Waals surface area contributed by atoms with Gasteiger partial charge in [-0.15, -0.1) is 11.3 Å². The first kappa shape index (κ1) is 15.1. The fourth-order valence-corrected chi connectivity index (χ4v) is 3.09. The number of carbonyl (C=O) groups is 1. The Morgan fingerprint density at radius 3 is 2.91 bits per heavy atom. The van der Waals surface area contributed by atoms with Crippen LogP contribution >= 0.6 is 22.9 Å². The second-order valence-corrected chi connectivity index (χ2v) is 6.49. The lowest BCUT2D eigenvalue weighted by atomic mass is 10.1. The number of aliphatic hydroxyl groups excluding tert-OH is 1. The molecule has 1 aliphatic heterocycles. The molecule has 0 saturated heterocycles. The summed E-state index contributed by atoms with van der Waals surface area (Å²) in [6.45, 7) is 0.568. The van der Waals surface area contributed by atoms with Crippen LogP contribution in [-0.2, 0) is 0 Å². The van der Waals surface area contributed by atoms with Gasteiger partial charge in [0.05, 0.1) is 15.3 Å². The van der Waals surface area contributed by atoms with Crippen LogP contribution in [0.3, 0.4) is 0 Å². The summed E-state index contributed by atoms with van der Waals surface area (Å²) < 4.78 is 11.1. The third-order valence-corrected chi connectivity index (χ3v) is 4.51. The number of thiophene rings is 1. The molecule has 0 bridgehead atoms. The number of fused-ring (bicyclic) bond motifs is 1. The zero-order valence-electron chi connectivity index (χ0n) is 11.5. The number of ether oxygens (including phenoxy) is 2. The number of hydrogen-bond acceptors (Lipinski definition) is 5. The fourth-order valence-electron chi connectivity index (χ4n) is 2.13. The second-order valence-electron chi connectivity index (χ2n) is 4.78. The highest BCUT2D eigenvalue weighted by molar-refractivity contribution is 7.17. The van der Waals surface area contributed by atoms with E-state index < -0.39 is 6.10 Å². The summed E-state index contributed by atoms with van der Waals surface area (Å²) >= 11 is 7.02. The number of carbonyl (C=O) groups excluding carboxylic acids is 1. The Kier molecular flexibility index (Phi) is 4.52. The average molecular weight is 340 g/mol. The number of aliphatic hydroxyl groups is 1. The van der Waals surface area contributed by atoms with Crippen molar-refractivity contribution in [2.45, 2.75) is 12.5 Å². The number of halogens is 1. The van der Waals surface area contributed by atoms with Crippen molar-refractivity contribution >= 4 is 28.8 Å². The minimum atomic E-state index is -0.679. The summed E-state index contributed by atoms with van der Waals surface area (Å²) in [7, 11) is 0. The van der Waals surface area contributed by atoms with Crippen molar-refractivity contribution in [3.63, 3.8) is 0 Å². The molecule has 0 saturated carbocycles. The molecule has 0 spiro atoms. The molecule has 3 rings (SSSR count). The van der Waals surface area contributed by atoms with Crippen LogP contribution in [0.25, 0.3) is 0 Å². The Labute approximate surface area is 136 Å². The Balaban J connectivity index is 1.52.